The van der Waals surface area contributed by atoms with Gasteiger partial charge >= 0.3 is 0 Å². The molecular weight excluding hydrogens is 256 g/mol. The molecule has 3 nitrogen and oxygen atoms in total. The van der Waals surface area contributed by atoms with Crippen LogP contribution in [0.1, 0.15) is 47.0 Å². The summed E-state index contributed by atoms with van der Waals surface area (Å²) in [5.41, 5.74) is 2.09. The first-order chi connectivity index (χ1) is 9.22. The van der Waals surface area contributed by atoms with E-state index < -0.39 is 0 Å². The molecule has 0 bridgehead atoms. The fraction of sp³-hybridized carbons (Fsp3) is 0.667. The Morgan fingerprint density at radius 1 is 1.37 bits per heavy atom. The maximum Gasteiger partial charge on any atom is 0.252 e. The van der Waals surface area contributed by atoms with Crippen molar-refractivity contribution in [3.05, 3.63) is 21.4 Å². The minimum Gasteiger partial charge on any atom is -0.351 e. The Hall–Kier alpha value is -0.870. The Bertz CT molecular complexity index is 422. The van der Waals surface area contributed by atoms with Crippen molar-refractivity contribution in [3.8, 4) is 0 Å². The highest BCUT2D eigenvalue weighted by atomic mass is 32.1. The zero-order valence-electron chi connectivity index (χ0n) is 12.0. The lowest BCUT2D eigenvalue weighted by Crippen LogP contribution is -2.37. The van der Waals surface area contributed by atoms with E-state index in [1.807, 2.05) is 5.38 Å². The van der Waals surface area contributed by atoms with Crippen molar-refractivity contribution >= 4 is 17.2 Å². The van der Waals surface area contributed by atoms with Crippen LogP contribution in [0, 0.1) is 6.92 Å². The van der Waals surface area contributed by atoms with Crippen LogP contribution in [-0.2, 0) is 6.42 Å². The normalized spacial score (nSPS) is 16.5. The van der Waals surface area contributed by atoms with Crippen molar-refractivity contribution in [2.24, 2.45) is 0 Å². The minimum atomic E-state index is 0.0956. The second kappa shape index (κ2) is 7.06. The predicted molar refractivity (Wildman–Crippen MR) is 81.1 cm³/mol. The summed E-state index contributed by atoms with van der Waals surface area (Å²) in [5, 5.41) is 5.05. The zero-order chi connectivity index (χ0) is 13.7. The number of nitrogens with one attached hydrogen (secondary N) is 1. The summed E-state index contributed by atoms with van der Waals surface area (Å²) >= 11 is 1.67. The number of thiophene rings is 1. The summed E-state index contributed by atoms with van der Waals surface area (Å²) in [5.74, 6) is 0.0956. The van der Waals surface area contributed by atoms with Gasteiger partial charge in [0, 0.05) is 23.3 Å². The Morgan fingerprint density at radius 3 is 2.79 bits per heavy atom. The number of rotatable bonds is 5. The minimum absolute atomic E-state index is 0.0956. The summed E-state index contributed by atoms with van der Waals surface area (Å²) in [6.07, 6.45) is 4.90. The van der Waals surface area contributed by atoms with Crippen molar-refractivity contribution in [1.29, 1.82) is 0 Å². The molecule has 19 heavy (non-hydrogen) atoms. The molecule has 1 saturated heterocycles. The Kier molecular flexibility index (Phi) is 5.40. The molecule has 0 aromatic carbocycles. The molecule has 1 N–H and O–H groups in total. The van der Waals surface area contributed by atoms with Crippen molar-refractivity contribution in [3.63, 3.8) is 0 Å². The lowest BCUT2D eigenvalue weighted by Gasteiger charge is -2.26. The molecule has 0 atom stereocenters. The molecule has 2 heterocycles. The van der Waals surface area contributed by atoms with E-state index in [0.29, 0.717) is 0 Å². The Balaban J connectivity index is 1.80. The van der Waals surface area contributed by atoms with Gasteiger partial charge in [0.1, 0.15) is 0 Å². The van der Waals surface area contributed by atoms with Crippen molar-refractivity contribution < 1.29 is 4.79 Å². The maximum atomic E-state index is 12.2. The summed E-state index contributed by atoms with van der Waals surface area (Å²) in [7, 11) is 0. The molecule has 1 aliphatic heterocycles. The average molecular weight is 280 g/mol. The van der Waals surface area contributed by atoms with Gasteiger partial charge in [0.05, 0.1) is 5.56 Å². The highest BCUT2D eigenvalue weighted by Crippen LogP contribution is 2.22. The lowest BCUT2D eigenvalue weighted by molar-refractivity contribution is 0.0946. The van der Waals surface area contributed by atoms with E-state index in [1.54, 1.807) is 11.3 Å². The van der Waals surface area contributed by atoms with Crippen molar-refractivity contribution in [2.45, 2.75) is 39.5 Å². The summed E-state index contributed by atoms with van der Waals surface area (Å²) in [6.45, 7) is 8.32. The number of aryl methyl sites for hydroxylation is 1. The SMILES string of the molecule is CCc1c(C(=O)NCCN2CCCCC2)csc1C. The molecule has 1 aromatic heterocycles. The fourth-order valence-corrected chi connectivity index (χ4v) is 3.66. The lowest BCUT2D eigenvalue weighted by atomic mass is 10.1. The third-order valence-electron chi connectivity index (χ3n) is 3.86. The van der Waals surface area contributed by atoms with Gasteiger partial charge in [0.2, 0.25) is 0 Å². The molecule has 2 rings (SSSR count). The van der Waals surface area contributed by atoms with E-state index in [2.05, 4.69) is 24.1 Å². The molecule has 0 aliphatic carbocycles. The highest BCUT2D eigenvalue weighted by molar-refractivity contribution is 7.10. The third kappa shape index (κ3) is 3.80. The smallest absolute Gasteiger partial charge is 0.252 e. The second-order valence-corrected chi connectivity index (χ2v) is 6.28. The predicted octanol–water partition coefficient (Wildman–Crippen LogP) is 2.83. The quantitative estimate of drug-likeness (QED) is 0.899. The van der Waals surface area contributed by atoms with Crippen LogP contribution in [0.15, 0.2) is 5.38 Å². The number of hydrogen-bond donors (Lipinski definition) is 1. The van der Waals surface area contributed by atoms with Crippen molar-refractivity contribution in [2.75, 3.05) is 26.2 Å². The number of nitrogens with zero attached hydrogens (tertiary/aromatic N) is 1. The summed E-state index contributed by atoms with van der Waals surface area (Å²) in [4.78, 5) is 15.9. The molecule has 1 aliphatic rings. The van der Waals surface area contributed by atoms with Gasteiger partial charge in [-0.2, -0.15) is 0 Å². The number of likely N-dealkylation sites (tertiary alicyclic amines) is 1. The number of carbonyl (C=O) groups excluding carboxylic acids is 1. The van der Waals surface area contributed by atoms with Crippen LogP contribution >= 0.6 is 11.3 Å². The van der Waals surface area contributed by atoms with E-state index in [-0.39, 0.29) is 5.91 Å². The first-order valence-corrected chi connectivity index (χ1v) is 8.18. The Morgan fingerprint density at radius 2 is 2.11 bits per heavy atom. The Labute approximate surface area is 120 Å². The van der Waals surface area contributed by atoms with E-state index >= 15 is 0 Å². The van der Waals surface area contributed by atoms with Crippen LogP contribution in [-0.4, -0.2) is 37.0 Å². The van der Waals surface area contributed by atoms with Crippen molar-refractivity contribution in [1.82, 2.24) is 10.2 Å². The monoisotopic (exact) mass is 280 g/mol. The van der Waals surface area contributed by atoms with E-state index in [4.69, 9.17) is 0 Å². The molecule has 1 aromatic rings. The molecule has 0 spiro atoms. The first-order valence-electron chi connectivity index (χ1n) is 7.30. The standard InChI is InChI=1S/C15H24N2OS/c1-3-13-12(2)19-11-14(13)15(18)16-7-10-17-8-5-4-6-9-17/h11H,3-10H2,1-2H3,(H,16,18). The van der Waals surface area contributed by atoms with Gasteiger partial charge in [0.25, 0.3) is 5.91 Å². The largest absolute Gasteiger partial charge is 0.351 e. The summed E-state index contributed by atoms with van der Waals surface area (Å²) < 4.78 is 0. The van der Waals surface area contributed by atoms with Gasteiger partial charge in [-0.25, -0.2) is 0 Å². The van der Waals surface area contributed by atoms with Gasteiger partial charge in [-0.05, 0) is 44.8 Å². The summed E-state index contributed by atoms with van der Waals surface area (Å²) in [6, 6.07) is 0. The van der Waals surface area contributed by atoms with Crippen LogP contribution < -0.4 is 5.32 Å². The molecular formula is C15H24N2OS. The maximum absolute atomic E-state index is 12.2. The molecule has 0 radical (unpaired) electrons. The zero-order valence-corrected chi connectivity index (χ0v) is 12.8. The number of amides is 1. The number of hydrogen-bond acceptors (Lipinski definition) is 3. The van der Waals surface area contributed by atoms with Crippen LogP contribution in [0.4, 0.5) is 0 Å². The fourth-order valence-electron chi connectivity index (χ4n) is 2.71. The highest BCUT2D eigenvalue weighted by Gasteiger charge is 2.15. The topological polar surface area (TPSA) is 32.3 Å². The van der Waals surface area contributed by atoms with Gasteiger partial charge in [-0.15, -0.1) is 11.3 Å². The van der Waals surface area contributed by atoms with E-state index in [0.717, 1.165) is 25.1 Å². The van der Waals surface area contributed by atoms with Crippen LogP contribution in [0.5, 0.6) is 0 Å². The molecule has 1 amide bonds. The van der Waals surface area contributed by atoms with Gasteiger partial charge in [0.15, 0.2) is 0 Å². The van der Waals surface area contributed by atoms with Gasteiger partial charge in [-0.1, -0.05) is 13.3 Å². The average Bonchev–Trinajstić information content (AvgIpc) is 2.81. The van der Waals surface area contributed by atoms with Crippen LogP contribution in [0.3, 0.4) is 0 Å². The van der Waals surface area contributed by atoms with Crippen LogP contribution in [0.2, 0.25) is 0 Å². The van der Waals surface area contributed by atoms with Crippen LogP contribution in [0.25, 0.3) is 0 Å². The van der Waals surface area contributed by atoms with Gasteiger partial charge < -0.3 is 10.2 Å². The molecule has 0 saturated carbocycles. The molecule has 106 valence electrons. The number of carbonyl (C=O) groups is 1. The second-order valence-electron chi connectivity index (χ2n) is 5.20. The first kappa shape index (κ1) is 14.5. The number of piperidine rings is 1. The van der Waals surface area contributed by atoms with E-state index in [9.17, 15) is 4.79 Å². The molecule has 1 fully saturated rings. The van der Waals surface area contributed by atoms with Gasteiger partial charge in [-0.3, -0.25) is 4.79 Å². The molecule has 4 heteroatoms. The van der Waals surface area contributed by atoms with E-state index in [1.165, 1.54) is 42.8 Å². The third-order valence-corrected chi connectivity index (χ3v) is 4.82. The molecule has 0 unspecified atom stereocenters.